The normalized spacial score (nSPS) is 11.1. The van der Waals surface area contributed by atoms with Gasteiger partial charge in [-0.1, -0.05) is 60.7 Å². The van der Waals surface area contributed by atoms with Crippen LogP contribution in [0, 0.1) is 0 Å². The second kappa shape index (κ2) is 8.36. The fourth-order valence-electron chi connectivity index (χ4n) is 2.95. The molecule has 0 amide bonds. The summed E-state index contributed by atoms with van der Waals surface area (Å²) in [5, 5.41) is 0.431. The van der Waals surface area contributed by atoms with Crippen molar-refractivity contribution in [2.24, 2.45) is 0 Å². The Labute approximate surface area is 169 Å². The maximum Gasteiger partial charge on any atom is 0.266 e. The van der Waals surface area contributed by atoms with E-state index in [2.05, 4.69) is 0 Å². The first-order valence-electron chi connectivity index (χ1n) is 9.12. The molecule has 5 heteroatoms. The summed E-state index contributed by atoms with van der Waals surface area (Å²) in [5.74, 6) is 1.85. The molecule has 1 N–H and O–H groups in total. The van der Waals surface area contributed by atoms with E-state index in [1.165, 1.54) is 0 Å². The van der Waals surface area contributed by atoms with Crippen LogP contribution in [-0.2, 0) is 4.57 Å². The van der Waals surface area contributed by atoms with E-state index >= 15 is 0 Å². The lowest BCUT2D eigenvalue weighted by atomic mass is 10.3. The third-order valence-corrected chi connectivity index (χ3v) is 6.37. The predicted molar refractivity (Wildman–Crippen MR) is 115 cm³/mol. The van der Waals surface area contributed by atoms with Crippen LogP contribution in [0.5, 0.6) is 23.0 Å². The number of para-hydroxylation sites is 4. The highest BCUT2D eigenvalue weighted by Gasteiger charge is 2.31. The van der Waals surface area contributed by atoms with Crippen molar-refractivity contribution >= 4 is 18.0 Å². The molecule has 4 aromatic carbocycles. The van der Waals surface area contributed by atoms with E-state index in [-0.39, 0.29) is 10.6 Å². The second-order valence-electron chi connectivity index (χ2n) is 6.34. The van der Waals surface area contributed by atoms with E-state index in [4.69, 9.17) is 9.47 Å². The predicted octanol–water partition coefficient (Wildman–Crippen LogP) is 5.49. The Morgan fingerprint density at radius 3 is 1.28 bits per heavy atom. The van der Waals surface area contributed by atoms with Crippen molar-refractivity contribution < 1.29 is 18.9 Å². The van der Waals surface area contributed by atoms with Crippen LogP contribution < -0.4 is 20.1 Å². The molecule has 0 aliphatic rings. The lowest BCUT2D eigenvalue weighted by molar-refractivity contribution is 0.472. The van der Waals surface area contributed by atoms with Crippen LogP contribution in [0.4, 0.5) is 0 Å². The maximum atomic E-state index is 13.6. The van der Waals surface area contributed by atoms with Gasteiger partial charge in [-0.05, 0) is 48.5 Å². The second-order valence-corrected chi connectivity index (χ2v) is 8.46. The standard InChI is InChI=1S/C24H19O4P/c25-29(26,23-17-9-7-15-21(23)27-19-11-3-1-4-12-19)24-18-10-8-16-22(24)28-20-13-5-2-6-14-20/h1-18H,(H,25,26). The monoisotopic (exact) mass is 402 g/mol. The molecule has 0 heterocycles. The number of benzene rings is 4. The van der Waals surface area contributed by atoms with Gasteiger partial charge in [0, 0.05) is 0 Å². The summed E-state index contributed by atoms with van der Waals surface area (Å²) in [6.07, 6.45) is 0. The molecule has 0 bridgehead atoms. The first-order valence-corrected chi connectivity index (χ1v) is 10.8. The van der Waals surface area contributed by atoms with Gasteiger partial charge in [-0.3, -0.25) is 4.57 Å². The minimum Gasteiger partial charge on any atom is -0.456 e. The first kappa shape index (κ1) is 19.0. The SMILES string of the molecule is O=P(O)(c1ccccc1Oc1ccccc1)c1ccccc1Oc1ccccc1. The van der Waals surface area contributed by atoms with Crippen molar-refractivity contribution in [2.45, 2.75) is 0 Å². The number of hydrogen-bond donors (Lipinski definition) is 1. The molecule has 0 saturated carbocycles. The van der Waals surface area contributed by atoms with E-state index < -0.39 is 7.37 Å². The minimum atomic E-state index is -4.00. The molecule has 0 unspecified atom stereocenters. The van der Waals surface area contributed by atoms with Gasteiger partial charge in [0.15, 0.2) is 0 Å². The summed E-state index contributed by atoms with van der Waals surface area (Å²) in [5.41, 5.74) is 0. The Morgan fingerprint density at radius 1 is 0.517 bits per heavy atom. The highest BCUT2D eigenvalue weighted by molar-refractivity contribution is 7.73. The van der Waals surface area contributed by atoms with Crippen LogP contribution in [0.25, 0.3) is 0 Å². The fraction of sp³-hybridized carbons (Fsp3) is 0. The van der Waals surface area contributed by atoms with Crippen LogP contribution >= 0.6 is 7.37 Å². The lowest BCUT2D eigenvalue weighted by Gasteiger charge is -2.19. The van der Waals surface area contributed by atoms with Crippen molar-refractivity contribution in [1.82, 2.24) is 0 Å². The van der Waals surface area contributed by atoms with Crippen molar-refractivity contribution in [3.63, 3.8) is 0 Å². The maximum absolute atomic E-state index is 13.6. The van der Waals surface area contributed by atoms with E-state index in [1.54, 1.807) is 72.8 Å². The number of hydrogen-bond acceptors (Lipinski definition) is 3. The highest BCUT2D eigenvalue weighted by atomic mass is 31.2. The molecule has 0 aliphatic carbocycles. The highest BCUT2D eigenvalue weighted by Crippen LogP contribution is 2.45. The van der Waals surface area contributed by atoms with Crippen LogP contribution in [0.15, 0.2) is 109 Å². The van der Waals surface area contributed by atoms with Crippen molar-refractivity contribution in [1.29, 1.82) is 0 Å². The van der Waals surface area contributed by atoms with Crippen molar-refractivity contribution in [3.05, 3.63) is 109 Å². The van der Waals surface area contributed by atoms with Crippen LogP contribution in [0.3, 0.4) is 0 Å². The Balaban J connectivity index is 1.74. The minimum absolute atomic E-state index is 0.216. The zero-order chi connectivity index (χ0) is 20.1. The van der Waals surface area contributed by atoms with E-state index in [0.717, 1.165) is 0 Å². The molecule has 0 saturated heterocycles. The molecule has 144 valence electrons. The van der Waals surface area contributed by atoms with E-state index in [1.807, 2.05) is 36.4 Å². The molecule has 0 fully saturated rings. The van der Waals surface area contributed by atoms with Gasteiger partial charge >= 0.3 is 0 Å². The molecule has 4 aromatic rings. The number of ether oxygens (including phenoxy) is 2. The van der Waals surface area contributed by atoms with Gasteiger partial charge < -0.3 is 14.4 Å². The summed E-state index contributed by atoms with van der Waals surface area (Å²) >= 11 is 0. The summed E-state index contributed by atoms with van der Waals surface area (Å²) < 4.78 is 25.4. The Kier molecular flexibility index (Phi) is 5.48. The summed E-state index contributed by atoms with van der Waals surface area (Å²) in [6, 6.07) is 31.9. The van der Waals surface area contributed by atoms with Gasteiger partial charge in [0.25, 0.3) is 7.37 Å². The zero-order valence-electron chi connectivity index (χ0n) is 15.5. The Morgan fingerprint density at radius 2 is 0.862 bits per heavy atom. The summed E-state index contributed by atoms with van der Waals surface area (Å²) in [7, 11) is -4.00. The molecular weight excluding hydrogens is 383 g/mol. The molecule has 0 atom stereocenters. The van der Waals surface area contributed by atoms with Crippen LogP contribution in [0.2, 0.25) is 0 Å². The van der Waals surface area contributed by atoms with Gasteiger partial charge in [0.05, 0.1) is 10.6 Å². The summed E-state index contributed by atoms with van der Waals surface area (Å²) in [4.78, 5) is 11.2. The molecule has 29 heavy (non-hydrogen) atoms. The van der Waals surface area contributed by atoms with Gasteiger partial charge in [-0.15, -0.1) is 0 Å². The summed E-state index contributed by atoms with van der Waals surface area (Å²) in [6.45, 7) is 0. The molecule has 0 aromatic heterocycles. The Bertz CT molecular complexity index is 1050. The fourth-order valence-corrected chi connectivity index (χ4v) is 4.62. The molecule has 4 rings (SSSR count). The third-order valence-electron chi connectivity index (χ3n) is 4.33. The van der Waals surface area contributed by atoms with Gasteiger partial charge in [0.2, 0.25) is 0 Å². The van der Waals surface area contributed by atoms with Crippen molar-refractivity contribution in [3.8, 4) is 23.0 Å². The zero-order valence-corrected chi connectivity index (χ0v) is 16.4. The average molecular weight is 402 g/mol. The molecule has 4 nitrogen and oxygen atoms in total. The largest absolute Gasteiger partial charge is 0.456 e. The van der Waals surface area contributed by atoms with Crippen LogP contribution in [-0.4, -0.2) is 4.89 Å². The van der Waals surface area contributed by atoms with Crippen LogP contribution in [0.1, 0.15) is 0 Å². The molecule has 0 radical (unpaired) electrons. The smallest absolute Gasteiger partial charge is 0.266 e. The van der Waals surface area contributed by atoms with Gasteiger partial charge in [0.1, 0.15) is 23.0 Å². The Hall–Kier alpha value is -3.33. The van der Waals surface area contributed by atoms with Crippen molar-refractivity contribution in [2.75, 3.05) is 0 Å². The topological polar surface area (TPSA) is 55.8 Å². The average Bonchev–Trinajstić information content (AvgIpc) is 2.76. The van der Waals surface area contributed by atoms with Gasteiger partial charge in [-0.25, -0.2) is 0 Å². The van der Waals surface area contributed by atoms with E-state index in [9.17, 15) is 9.46 Å². The third kappa shape index (κ3) is 4.24. The molecule has 0 spiro atoms. The van der Waals surface area contributed by atoms with E-state index in [0.29, 0.717) is 23.0 Å². The number of rotatable bonds is 6. The molecular formula is C24H19O4P. The van der Waals surface area contributed by atoms with Gasteiger partial charge in [-0.2, -0.15) is 0 Å². The lowest BCUT2D eigenvalue weighted by Crippen LogP contribution is -2.18. The molecule has 0 aliphatic heterocycles. The quantitative estimate of drug-likeness (QED) is 0.433. The first-order chi connectivity index (χ1) is 14.1.